The molecule has 0 bridgehead atoms. The molecule has 28 heavy (non-hydrogen) atoms. The number of rotatable bonds is 4. The van der Waals surface area contributed by atoms with E-state index in [4.69, 9.17) is 8.83 Å². The van der Waals surface area contributed by atoms with Gasteiger partial charge in [-0.3, -0.25) is 4.79 Å². The third kappa shape index (κ3) is 3.30. The third-order valence-corrected chi connectivity index (χ3v) is 6.15. The Morgan fingerprint density at radius 2 is 1.32 bits per heavy atom. The molecule has 0 aliphatic heterocycles. The quantitative estimate of drug-likeness (QED) is 0.392. The number of hydrogen-bond donors (Lipinski definition) is 0. The van der Waals surface area contributed by atoms with Crippen LogP contribution in [0.5, 0.6) is 0 Å². The second-order valence-corrected chi connectivity index (χ2v) is 7.99. The number of Topliss-reactive ketones (excluding diaryl/α,β-unsaturated/α-hetero) is 1. The minimum Gasteiger partial charge on any atom is -0.462 e. The van der Waals surface area contributed by atoms with Crippen molar-refractivity contribution in [3.63, 3.8) is 0 Å². The number of ketones is 1. The van der Waals surface area contributed by atoms with Crippen molar-refractivity contribution in [2.45, 2.75) is 12.8 Å². The summed E-state index contributed by atoms with van der Waals surface area (Å²) >= 11 is 3.01. The fraction of sp³-hybridized carbons (Fsp3) is 0.0952. The van der Waals surface area contributed by atoms with E-state index in [1.165, 1.54) is 22.7 Å². The average Bonchev–Trinajstić information content (AvgIpc) is 3.51. The number of allylic oxidation sites excluding steroid dienone is 2. The van der Waals surface area contributed by atoms with E-state index in [1.807, 2.05) is 47.2 Å². The highest BCUT2D eigenvalue weighted by Gasteiger charge is 2.24. The average molecular weight is 406 g/mol. The van der Waals surface area contributed by atoms with E-state index in [0.717, 1.165) is 44.1 Å². The van der Waals surface area contributed by atoms with Gasteiger partial charge in [-0.2, -0.15) is 0 Å². The van der Waals surface area contributed by atoms with Crippen LogP contribution < -0.4 is 0 Å². The number of aromatic nitrogens is 2. The van der Waals surface area contributed by atoms with Gasteiger partial charge in [0.1, 0.15) is 0 Å². The van der Waals surface area contributed by atoms with Crippen molar-refractivity contribution < 1.29 is 13.6 Å². The molecule has 0 aromatic carbocycles. The molecule has 1 aliphatic rings. The molecular formula is C21H14N2O3S2. The van der Waals surface area contributed by atoms with Crippen LogP contribution in [-0.2, 0) is 4.79 Å². The van der Waals surface area contributed by atoms with Gasteiger partial charge in [-0.25, -0.2) is 9.97 Å². The van der Waals surface area contributed by atoms with Crippen molar-refractivity contribution in [3.8, 4) is 21.5 Å². The Labute approximate surface area is 168 Å². The Bertz CT molecular complexity index is 1090. The molecular weight excluding hydrogens is 392 g/mol. The topological polar surface area (TPSA) is 69.1 Å². The molecule has 5 rings (SSSR count). The highest BCUT2D eigenvalue weighted by Crippen LogP contribution is 2.32. The standard InChI is InChI=1S/C21H14N2O3S2/c24-19-13(9-15-11-27-20(22-15)17-3-1-7-25-17)5-6-14(19)10-16-12-28-21(23-16)18-4-2-8-26-18/h1-4,7-12H,5-6H2. The molecule has 1 fully saturated rings. The maximum atomic E-state index is 12.8. The summed E-state index contributed by atoms with van der Waals surface area (Å²) in [7, 11) is 0. The summed E-state index contributed by atoms with van der Waals surface area (Å²) in [6, 6.07) is 7.43. The van der Waals surface area contributed by atoms with Crippen molar-refractivity contribution in [2.24, 2.45) is 0 Å². The Balaban J connectivity index is 1.35. The first-order valence-electron chi connectivity index (χ1n) is 8.71. The van der Waals surface area contributed by atoms with E-state index in [0.29, 0.717) is 12.8 Å². The van der Waals surface area contributed by atoms with Gasteiger partial charge in [0.05, 0.1) is 23.9 Å². The van der Waals surface area contributed by atoms with Gasteiger partial charge >= 0.3 is 0 Å². The molecule has 0 saturated heterocycles. The fourth-order valence-corrected chi connectivity index (χ4v) is 4.55. The molecule has 1 saturated carbocycles. The first-order chi connectivity index (χ1) is 13.8. The predicted octanol–water partition coefficient (Wildman–Crippen LogP) is 5.95. The predicted molar refractivity (Wildman–Crippen MR) is 110 cm³/mol. The number of thiazole rings is 2. The zero-order valence-electron chi connectivity index (χ0n) is 14.6. The lowest BCUT2D eigenvalue weighted by Crippen LogP contribution is -1.95. The van der Waals surface area contributed by atoms with E-state index in [-0.39, 0.29) is 5.78 Å². The van der Waals surface area contributed by atoms with E-state index in [9.17, 15) is 4.79 Å². The van der Waals surface area contributed by atoms with Crippen LogP contribution in [-0.4, -0.2) is 15.8 Å². The summed E-state index contributed by atoms with van der Waals surface area (Å²) in [5.41, 5.74) is 3.14. The molecule has 138 valence electrons. The zero-order chi connectivity index (χ0) is 18.9. The van der Waals surface area contributed by atoms with Crippen molar-refractivity contribution >= 4 is 40.6 Å². The normalized spacial score (nSPS) is 17.2. The lowest BCUT2D eigenvalue weighted by atomic mass is 10.1. The second-order valence-electron chi connectivity index (χ2n) is 6.28. The lowest BCUT2D eigenvalue weighted by Gasteiger charge is -1.94. The smallest absolute Gasteiger partial charge is 0.185 e. The Hall–Kier alpha value is -3.03. The molecule has 0 spiro atoms. The molecule has 0 atom stereocenters. The van der Waals surface area contributed by atoms with Gasteiger partial charge in [0.2, 0.25) is 0 Å². The van der Waals surface area contributed by atoms with E-state index in [1.54, 1.807) is 12.5 Å². The number of hydrogen-bond acceptors (Lipinski definition) is 7. The zero-order valence-corrected chi connectivity index (χ0v) is 16.3. The van der Waals surface area contributed by atoms with Crippen LogP contribution in [0.3, 0.4) is 0 Å². The number of carbonyl (C=O) groups excluding carboxylic acids is 1. The van der Waals surface area contributed by atoms with Crippen molar-refractivity contribution in [3.05, 3.63) is 70.1 Å². The van der Waals surface area contributed by atoms with Crippen LogP contribution >= 0.6 is 22.7 Å². The first kappa shape index (κ1) is 17.1. The molecule has 4 heterocycles. The number of furan rings is 2. The van der Waals surface area contributed by atoms with Crippen LogP contribution in [0.25, 0.3) is 33.7 Å². The van der Waals surface area contributed by atoms with Crippen LogP contribution in [0.15, 0.2) is 67.5 Å². The Kier molecular flexibility index (Phi) is 4.38. The van der Waals surface area contributed by atoms with Gasteiger partial charge in [-0.05, 0) is 49.3 Å². The maximum Gasteiger partial charge on any atom is 0.185 e. The van der Waals surface area contributed by atoms with Gasteiger partial charge in [-0.15, -0.1) is 22.7 Å². The van der Waals surface area contributed by atoms with Crippen LogP contribution in [0, 0.1) is 0 Å². The minimum atomic E-state index is 0.0695. The molecule has 7 heteroatoms. The monoisotopic (exact) mass is 406 g/mol. The SMILES string of the molecule is O=C1C(=Cc2csc(-c3ccco3)n2)CCC1=Cc1csc(-c2ccco2)n1. The highest BCUT2D eigenvalue weighted by molar-refractivity contribution is 7.13. The Morgan fingerprint density at radius 3 is 1.75 bits per heavy atom. The molecule has 5 nitrogen and oxygen atoms in total. The van der Waals surface area contributed by atoms with Crippen LogP contribution in [0.4, 0.5) is 0 Å². The van der Waals surface area contributed by atoms with Crippen LogP contribution in [0.2, 0.25) is 0 Å². The molecule has 0 amide bonds. The summed E-state index contributed by atoms with van der Waals surface area (Å²) in [5.74, 6) is 1.55. The third-order valence-electron chi connectivity index (χ3n) is 4.40. The maximum absolute atomic E-state index is 12.8. The second kappa shape index (κ2) is 7.18. The molecule has 4 aromatic rings. The van der Waals surface area contributed by atoms with Gasteiger partial charge in [0, 0.05) is 21.9 Å². The van der Waals surface area contributed by atoms with Crippen molar-refractivity contribution in [2.75, 3.05) is 0 Å². The number of carbonyl (C=O) groups is 1. The molecule has 1 aliphatic carbocycles. The molecule has 0 N–H and O–H groups in total. The summed E-state index contributed by atoms with van der Waals surface area (Å²) in [4.78, 5) is 21.9. The summed E-state index contributed by atoms with van der Waals surface area (Å²) < 4.78 is 10.7. The van der Waals surface area contributed by atoms with Crippen molar-refractivity contribution in [1.82, 2.24) is 9.97 Å². The Morgan fingerprint density at radius 1 is 0.821 bits per heavy atom. The summed E-state index contributed by atoms with van der Waals surface area (Å²) in [6.07, 6.45) is 8.44. The van der Waals surface area contributed by atoms with Gasteiger partial charge in [0.15, 0.2) is 27.3 Å². The van der Waals surface area contributed by atoms with E-state index < -0.39 is 0 Å². The van der Waals surface area contributed by atoms with Gasteiger partial charge in [0.25, 0.3) is 0 Å². The minimum absolute atomic E-state index is 0.0695. The molecule has 0 radical (unpaired) electrons. The van der Waals surface area contributed by atoms with E-state index >= 15 is 0 Å². The van der Waals surface area contributed by atoms with Gasteiger partial charge in [-0.1, -0.05) is 0 Å². The van der Waals surface area contributed by atoms with Crippen LogP contribution in [0.1, 0.15) is 24.2 Å². The van der Waals surface area contributed by atoms with Crippen molar-refractivity contribution in [1.29, 1.82) is 0 Å². The van der Waals surface area contributed by atoms with Gasteiger partial charge < -0.3 is 8.83 Å². The molecule has 4 aromatic heterocycles. The summed E-state index contributed by atoms with van der Waals surface area (Å²) in [5, 5.41) is 5.50. The first-order valence-corrected chi connectivity index (χ1v) is 10.5. The fourth-order valence-electron chi connectivity index (χ4n) is 3.07. The largest absolute Gasteiger partial charge is 0.462 e. The molecule has 0 unspecified atom stereocenters. The number of nitrogens with zero attached hydrogens (tertiary/aromatic N) is 2. The van der Waals surface area contributed by atoms with E-state index in [2.05, 4.69) is 9.97 Å². The lowest BCUT2D eigenvalue weighted by molar-refractivity contribution is -0.111. The summed E-state index contributed by atoms with van der Waals surface area (Å²) in [6.45, 7) is 0. The highest BCUT2D eigenvalue weighted by atomic mass is 32.1.